The Morgan fingerprint density at radius 3 is 2.50 bits per heavy atom. The van der Waals surface area contributed by atoms with Crippen LogP contribution < -0.4 is 4.74 Å². The summed E-state index contributed by atoms with van der Waals surface area (Å²) in [6.45, 7) is 2.94. The number of ether oxygens (including phenoxy) is 1. The average molecular weight is 318 g/mol. The molecule has 0 saturated carbocycles. The molecular formula is C14H17Cl2NO3. The fourth-order valence-electron chi connectivity index (χ4n) is 2.43. The number of halogens is 2. The van der Waals surface area contributed by atoms with Gasteiger partial charge >= 0.3 is 0 Å². The van der Waals surface area contributed by atoms with Crippen LogP contribution in [-0.4, -0.2) is 42.2 Å². The molecule has 1 amide bonds. The largest absolute Gasteiger partial charge is 0.494 e. The standard InChI is InChI=1S/C14H17Cl2NO3/c1-8(18)9-3-4-17(7-9)14(19)10-5-11(15)13(20-2)12(16)6-10/h5-6,8-9,18H,3-4,7H2,1-2H3. The molecule has 1 aromatic rings. The number of carbonyl (C=O) groups excluding carboxylic acids is 1. The second-order valence-corrected chi connectivity index (χ2v) is 5.83. The zero-order valence-corrected chi connectivity index (χ0v) is 12.9. The normalized spacial score (nSPS) is 20.1. The van der Waals surface area contributed by atoms with Gasteiger partial charge in [-0.15, -0.1) is 0 Å². The predicted molar refractivity (Wildman–Crippen MR) is 78.7 cm³/mol. The van der Waals surface area contributed by atoms with Gasteiger partial charge in [0.25, 0.3) is 5.91 Å². The lowest BCUT2D eigenvalue weighted by molar-refractivity contribution is 0.0762. The first-order valence-electron chi connectivity index (χ1n) is 6.44. The lowest BCUT2D eigenvalue weighted by atomic mass is 10.0. The van der Waals surface area contributed by atoms with E-state index in [4.69, 9.17) is 27.9 Å². The van der Waals surface area contributed by atoms with E-state index in [0.717, 1.165) is 6.42 Å². The van der Waals surface area contributed by atoms with Crippen molar-refractivity contribution in [3.8, 4) is 5.75 Å². The minimum Gasteiger partial charge on any atom is -0.494 e. The van der Waals surface area contributed by atoms with Crippen LogP contribution in [0.5, 0.6) is 5.75 Å². The summed E-state index contributed by atoms with van der Waals surface area (Å²) in [6.07, 6.45) is 0.400. The van der Waals surface area contributed by atoms with Crippen LogP contribution in [0.3, 0.4) is 0 Å². The monoisotopic (exact) mass is 317 g/mol. The van der Waals surface area contributed by atoms with Crippen molar-refractivity contribution in [3.05, 3.63) is 27.7 Å². The fraction of sp³-hybridized carbons (Fsp3) is 0.500. The Kier molecular flexibility index (Phi) is 4.78. The molecule has 1 heterocycles. The first-order chi connectivity index (χ1) is 9.43. The fourth-order valence-corrected chi connectivity index (χ4v) is 3.07. The molecule has 1 aromatic carbocycles. The second kappa shape index (κ2) is 6.20. The van der Waals surface area contributed by atoms with Gasteiger partial charge in [-0.2, -0.15) is 0 Å². The molecule has 0 radical (unpaired) electrons. The Bertz CT molecular complexity index is 496. The Labute approximate surface area is 128 Å². The van der Waals surface area contributed by atoms with Crippen LogP contribution in [0.15, 0.2) is 12.1 Å². The zero-order valence-electron chi connectivity index (χ0n) is 11.4. The van der Waals surface area contributed by atoms with Gasteiger partial charge in [-0.3, -0.25) is 4.79 Å². The van der Waals surface area contributed by atoms with Crippen molar-refractivity contribution in [1.82, 2.24) is 4.90 Å². The molecule has 0 spiro atoms. The number of rotatable bonds is 3. The van der Waals surface area contributed by atoms with Crippen LogP contribution in [0.2, 0.25) is 10.0 Å². The summed E-state index contributed by atoms with van der Waals surface area (Å²) < 4.78 is 5.06. The number of benzene rings is 1. The molecule has 1 N–H and O–H groups in total. The lowest BCUT2D eigenvalue weighted by Gasteiger charge is -2.18. The van der Waals surface area contributed by atoms with Crippen LogP contribution in [0.25, 0.3) is 0 Å². The van der Waals surface area contributed by atoms with E-state index in [1.54, 1.807) is 24.0 Å². The number of likely N-dealkylation sites (tertiary alicyclic amines) is 1. The molecular weight excluding hydrogens is 301 g/mol. The van der Waals surface area contributed by atoms with Gasteiger partial charge in [-0.1, -0.05) is 23.2 Å². The van der Waals surface area contributed by atoms with E-state index < -0.39 is 6.10 Å². The number of aliphatic hydroxyl groups is 1. The molecule has 0 aromatic heterocycles. The molecule has 110 valence electrons. The number of aliphatic hydroxyl groups excluding tert-OH is 1. The maximum absolute atomic E-state index is 12.4. The third-order valence-electron chi connectivity index (χ3n) is 3.64. The van der Waals surface area contributed by atoms with Crippen LogP contribution in [-0.2, 0) is 0 Å². The highest BCUT2D eigenvalue weighted by molar-refractivity contribution is 6.37. The highest BCUT2D eigenvalue weighted by Crippen LogP contribution is 2.34. The third kappa shape index (κ3) is 3.03. The molecule has 0 bridgehead atoms. The van der Waals surface area contributed by atoms with E-state index in [-0.39, 0.29) is 11.8 Å². The Hall–Kier alpha value is -0.970. The Morgan fingerprint density at radius 1 is 1.45 bits per heavy atom. The number of carbonyl (C=O) groups is 1. The molecule has 0 aliphatic carbocycles. The Balaban J connectivity index is 2.18. The number of amides is 1. The number of nitrogens with zero attached hydrogens (tertiary/aromatic N) is 1. The van der Waals surface area contributed by atoms with E-state index in [9.17, 15) is 9.90 Å². The Morgan fingerprint density at radius 2 is 2.05 bits per heavy atom. The van der Waals surface area contributed by atoms with Gasteiger partial charge in [0.2, 0.25) is 0 Å². The summed E-state index contributed by atoms with van der Waals surface area (Å²) in [5.41, 5.74) is 0.437. The molecule has 1 saturated heterocycles. The molecule has 2 rings (SSSR count). The van der Waals surface area contributed by atoms with Crippen molar-refractivity contribution in [2.45, 2.75) is 19.4 Å². The van der Waals surface area contributed by atoms with Crippen molar-refractivity contribution in [2.75, 3.05) is 20.2 Å². The van der Waals surface area contributed by atoms with Gasteiger partial charge in [0.05, 0.1) is 23.3 Å². The number of hydrogen-bond acceptors (Lipinski definition) is 3. The summed E-state index contributed by atoms with van der Waals surface area (Å²) in [5.74, 6) is 0.371. The van der Waals surface area contributed by atoms with Gasteiger partial charge in [0, 0.05) is 24.6 Å². The van der Waals surface area contributed by atoms with Crippen molar-refractivity contribution >= 4 is 29.1 Å². The minimum atomic E-state index is -0.407. The van der Waals surface area contributed by atoms with E-state index in [1.807, 2.05) is 0 Å². The smallest absolute Gasteiger partial charge is 0.253 e. The molecule has 4 nitrogen and oxygen atoms in total. The quantitative estimate of drug-likeness (QED) is 0.932. The summed E-state index contributed by atoms with van der Waals surface area (Å²) in [5, 5.41) is 10.2. The molecule has 2 atom stereocenters. The van der Waals surface area contributed by atoms with E-state index >= 15 is 0 Å². The summed E-state index contributed by atoms with van der Waals surface area (Å²) >= 11 is 12.1. The average Bonchev–Trinajstić information content (AvgIpc) is 2.87. The summed E-state index contributed by atoms with van der Waals surface area (Å²) in [6, 6.07) is 3.12. The van der Waals surface area contributed by atoms with E-state index in [2.05, 4.69) is 0 Å². The minimum absolute atomic E-state index is 0.125. The zero-order chi connectivity index (χ0) is 14.9. The van der Waals surface area contributed by atoms with E-state index in [0.29, 0.717) is 34.4 Å². The van der Waals surface area contributed by atoms with Crippen molar-refractivity contribution in [1.29, 1.82) is 0 Å². The first-order valence-corrected chi connectivity index (χ1v) is 7.20. The predicted octanol–water partition coefficient (Wildman–Crippen LogP) is 2.84. The maximum atomic E-state index is 12.4. The molecule has 1 aliphatic rings. The van der Waals surface area contributed by atoms with Gasteiger partial charge in [0.15, 0.2) is 5.75 Å². The first kappa shape index (κ1) is 15.4. The summed E-state index contributed by atoms with van der Waals surface area (Å²) in [4.78, 5) is 14.1. The number of methoxy groups -OCH3 is 1. The third-order valence-corrected chi connectivity index (χ3v) is 4.20. The SMILES string of the molecule is COc1c(Cl)cc(C(=O)N2CCC(C(C)O)C2)cc1Cl. The highest BCUT2D eigenvalue weighted by Gasteiger charge is 2.30. The van der Waals surface area contributed by atoms with Crippen molar-refractivity contribution in [3.63, 3.8) is 0 Å². The lowest BCUT2D eigenvalue weighted by Crippen LogP contribution is -2.30. The highest BCUT2D eigenvalue weighted by atomic mass is 35.5. The van der Waals surface area contributed by atoms with E-state index in [1.165, 1.54) is 7.11 Å². The van der Waals surface area contributed by atoms with Crippen LogP contribution in [0.1, 0.15) is 23.7 Å². The van der Waals surface area contributed by atoms with Gasteiger partial charge in [-0.25, -0.2) is 0 Å². The topological polar surface area (TPSA) is 49.8 Å². The van der Waals surface area contributed by atoms with Gasteiger partial charge in [0.1, 0.15) is 0 Å². The van der Waals surface area contributed by atoms with Gasteiger partial charge < -0.3 is 14.7 Å². The molecule has 6 heteroatoms. The molecule has 2 unspecified atom stereocenters. The van der Waals surface area contributed by atoms with Crippen molar-refractivity contribution < 1.29 is 14.6 Å². The van der Waals surface area contributed by atoms with Crippen molar-refractivity contribution in [2.24, 2.45) is 5.92 Å². The molecule has 1 fully saturated rings. The molecule has 20 heavy (non-hydrogen) atoms. The second-order valence-electron chi connectivity index (χ2n) is 5.01. The molecule has 1 aliphatic heterocycles. The van der Waals surface area contributed by atoms with Crippen LogP contribution in [0.4, 0.5) is 0 Å². The van der Waals surface area contributed by atoms with Crippen LogP contribution >= 0.6 is 23.2 Å². The van der Waals surface area contributed by atoms with Crippen LogP contribution in [0, 0.1) is 5.92 Å². The number of hydrogen-bond donors (Lipinski definition) is 1. The van der Waals surface area contributed by atoms with Gasteiger partial charge in [-0.05, 0) is 25.5 Å². The summed E-state index contributed by atoms with van der Waals surface area (Å²) in [7, 11) is 1.47. The maximum Gasteiger partial charge on any atom is 0.253 e.